The number of fused-ring (bicyclic) bond motifs is 1. The second-order valence-electron chi connectivity index (χ2n) is 6.93. The van der Waals surface area contributed by atoms with E-state index in [1.807, 2.05) is 42.7 Å². The van der Waals surface area contributed by atoms with Gasteiger partial charge in [-0.1, -0.05) is 6.07 Å². The van der Waals surface area contributed by atoms with Crippen molar-refractivity contribution >= 4 is 29.0 Å². The highest BCUT2D eigenvalue weighted by Gasteiger charge is 2.18. The molecular formula is C21H27N3O2S. The number of thioether (sulfide) groups is 1. The Morgan fingerprint density at radius 1 is 1.15 bits per heavy atom. The Bertz CT molecular complexity index is 795. The smallest absolute Gasteiger partial charge is 0.265 e. The molecule has 0 aromatic heterocycles. The van der Waals surface area contributed by atoms with Gasteiger partial charge >= 0.3 is 0 Å². The number of nitrogens with one attached hydrogen (secondary N) is 1. The molecule has 1 aliphatic rings. The van der Waals surface area contributed by atoms with Gasteiger partial charge in [0, 0.05) is 43.0 Å². The van der Waals surface area contributed by atoms with Crippen LogP contribution in [0.15, 0.2) is 47.4 Å². The zero-order chi connectivity index (χ0) is 19.4. The highest BCUT2D eigenvalue weighted by Crippen LogP contribution is 2.27. The molecule has 3 rings (SSSR count). The molecule has 2 aromatic carbocycles. The molecule has 1 heterocycles. The third kappa shape index (κ3) is 4.96. The Hall–Kier alpha value is -2.18. The molecule has 1 N–H and O–H groups in total. The SMILES string of the molecule is CSc1ccc(OC(C)C(=O)Nc2ccc3c(c2)N(C)CCN(C)C3)cc1. The molecule has 6 heteroatoms. The molecule has 0 saturated carbocycles. The average molecular weight is 386 g/mol. The topological polar surface area (TPSA) is 44.8 Å². The van der Waals surface area contributed by atoms with Crippen LogP contribution >= 0.6 is 11.8 Å². The highest BCUT2D eigenvalue weighted by molar-refractivity contribution is 7.98. The Morgan fingerprint density at radius 3 is 2.59 bits per heavy atom. The summed E-state index contributed by atoms with van der Waals surface area (Å²) in [7, 11) is 4.22. The zero-order valence-electron chi connectivity index (χ0n) is 16.4. The van der Waals surface area contributed by atoms with E-state index in [1.165, 1.54) is 16.1 Å². The molecule has 5 nitrogen and oxygen atoms in total. The van der Waals surface area contributed by atoms with Crippen molar-refractivity contribution in [1.82, 2.24) is 4.90 Å². The van der Waals surface area contributed by atoms with E-state index in [0.717, 1.165) is 25.3 Å². The molecule has 1 atom stereocenters. The Kier molecular flexibility index (Phi) is 6.29. The van der Waals surface area contributed by atoms with Gasteiger partial charge in [0.1, 0.15) is 5.75 Å². The summed E-state index contributed by atoms with van der Waals surface area (Å²) in [5, 5.41) is 2.98. The summed E-state index contributed by atoms with van der Waals surface area (Å²) < 4.78 is 5.78. The van der Waals surface area contributed by atoms with Gasteiger partial charge < -0.3 is 19.9 Å². The van der Waals surface area contributed by atoms with E-state index >= 15 is 0 Å². The maximum absolute atomic E-state index is 12.5. The molecule has 1 amide bonds. The van der Waals surface area contributed by atoms with Crippen LogP contribution in [0.3, 0.4) is 0 Å². The minimum atomic E-state index is -0.576. The van der Waals surface area contributed by atoms with Crippen molar-refractivity contribution < 1.29 is 9.53 Å². The first kappa shape index (κ1) is 19.6. The molecule has 0 radical (unpaired) electrons. The minimum absolute atomic E-state index is 0.155. The lowest BCUT2D eigenvalue weighted by atomic mass is 10.1. The number of nitrogens with zero attached hydrogens (tertiary/aromatic N) is 2. The van der Waals surface area contributed by atoms with Crippen LogP contribution in [0.4, 0.5) is 11.4 Å². The third-order valence-corrected chi connectivity index (χ3v) is 5.51. The van der Waals surface area contributed by atoms with Gasteiger partial charge in [0.25, 0.3) is 5.91 Å². The number of carbonyl (C=O) groups is 1. The van der Waals surface area contributed by atoms with E-state index in [4.69, 9.17) is 4.74 Å². The van der Waals surface area contributed by atoms with E-state index < -0.39 is 6.10 Å². The highest BCUT2D eigenvalue weighted by atomic mass is 32.2. The summed E-state index contributed by atoms with van der Waals surface area (Å²) in [4.78, 5) is 18.3. The fraction of sp³-hybridized carbons (Fsp3) is 0.381. The molecule has 27 heavy (non-hydrogen) atoms. The Morgan fingerprint density at radius 2 is 1.89 bits per heavy atom. The molecule has 2 aromatic rings. The van der Waals surface area contributed by atoms with Gasteiger partial charge in [-0.05, 0) is 62.2 Å². The van der Waals surface area contributed by atoms with Gasteiger partial charge in [0.05, 0.1) is 0 Å². The van der Waals surface area contributed by atoms with Crippen molar-refractivity contribution in [3.05, 3.63) is 48.0 Å². The van der Waals surface area contributed by atoms with Crippen LogP contribution in [0.25, 0.3) is 0 Å². The first-order chi connectivity index (χ1) is 13.0. The predicted molar refractivity (Wildman–Crippen MR) is 113 cm³/mol. The number of hydrogen-bond acceptors (Lipinski definition) is 5. The summed E-state index contributed by atoms with van der Waals surface area (Å²) >= 11 is 1.68. The molecule has 1 aliphatic heterocycles. The standard InChI is InChI=1S/C21H27N3O2S/c1-15(26-18-7-9-19(27-4)10-8-18)21(25)22-17-6-5-16-14-23(2)11-12-24(3)20(16)13-17/h5-10,13,15H,11-12,14H2,1-4H3,(H,22,25). The summed E-state index contributed by atoms with van der Waals surface area (Å²) in [6, 6.07) is 13.9. The van der Waals surface area contributed by atoms with Crippen molar-refractivity contribution in [2.24, 2.45) is 0 Å². The molecule has 0 saturated heterocycles. The maximum Gasteiger partial charge on any atom is 0.265 e. The van der Waals surface area contributed by atoms with E-state index in [0.29, 0.717) is 5.75 Å². The number of anilines is 2. The number of ether oxygens (including phenoxy) is 1. The summed E-state index contributed by atoms with van der Waals surface area (Å²) in [6.07, 6.45) is 1.45. The second kappa shape index (κ2) is 8.67. The van der Waals surface area contributed by atoms with Crippen molar-refractivity contribution in [2.45, 2.75) is 24.5 Å². The average Bonchev–Trinajstić information content (AvgIpc) is 2.81. The summed E-state index contributed by atoms with van der Waals surface area (Å²) in [6.45, 7) is 4.67. The van der Waals surface area contributed by atoms with Crippen LogP contribution in [0.2, 0.25) is 0 Å². The maximum atomic E-state index is 12.5. The summed E-state index contributed by atoms with van der Waals surface area (Å²) in [5.74, 6) is 0.539. The fourth-order valence-electron chi connectivity index (χ4n) is 3.10. The van der Waals surface area contributed by atoms with Crippen molar-refractivity contribution in [2.75, 3.05) is 43.7 Å². The first-order valence-electron chi connectivity index (χ1n) is 9.10. The number of likely N-dealkylation sites (N-methyl/N-ethyl adjacent to an activating group) is 2. The first-order valence-corrected chi connectivity index (χ1v) is 10.3. The Balaban J connectivity index is 1.66. The second-order valence-corrected chi connectivity index (χ2v) is 7.81. The largest absolute Gasteiger partial charge is 0.481 e. The van der Waals surface area contributed by atoms with Gasteiger partial charge in [-0.2, -0.15) is 0 Å². The number of carbonyl (C=O) groups excluding carboxylic acids is 1. The number of amides is 1. The molecule has 0 bridgehead atoms. The number of rotatable bonds is 5. The van der Waals surface area contributed by atoms with Crippen molar-refractivity contribution in [3.8, 4) is 5.75 Å². The molecule has 0 spiro atoms. The molecular weight excluding hydrogens is 358 g/mol. The van der Waals surface area contributed by atoms with Crippen LogP contribution < -0.4 is 15.0 Å². The number of hydrogen-bond donors (Lipinski definition) is 1. The van der Waals surface area contributed by atoms with Crippen LogP contribution in [0, 0.1) is 0 Å². The van der Waals surface area contributed by atoms with E-state index in [9.17, 15) is 4.79 Å². The number of benzene rings is 2. The van der Waals surface area contributed by atoms with E-state index in [2.05, 4.69) is 35.3 Å². The lowest BCUT2D eigenvalue weighted by molar-refractivity contribution is -0.122. The van der Waals surface area contributed by atoms with Crippen LogP contribution in [0.5, 0.6) is 5.75 Å². The van der Waals surface area contributed by atoms with E-state index in [1.54, 1.807) is 18.7 Å². The quantitative estimate of drug-likeness (QED) is 0.795. The Labute approximate surface area is 165 Å². The van der Waals surface area contributed by atoms with Crippen LogP contribution in [-0.4, -0.2) is 50.4 Å². The van der Waals surface area contributed by atoms with Gasteiger partial charge in [0.2, 0.25) is 0 Å². The molecule has 1 unspecified atom stereocenters. The summed E-state index contributed by atoms with van der Waals surface area (Å²) in [5.41, 5.74) is 3.23. The molecule has 144 valence electrons. The fourth-order valence-corrected chi connectivity index (χ4v) is 3.51. The van der Waals surface area contributed by atoms with E-state index in [-0.39, 0.29) is 5.91 Å². The lowest BCUT2D eigenvalue weighted by Gasteiger charge is -2.20. The van der Waals surface area contributed by atoms with Gasteiger partial charge in [0.15, 0.2) is 6.10 Å². The van der Waals surface area contributed by atoms with Crippen LogP contribution in [0.1, 0.15) is 12.5 Å². The van der Waals surface area contributed by atoms with Gasteiger partial charge in [-0.15, -0.1) is 11.8 Å². The van der Waals surface area contributed by atoms with Gasteiger partial charge in [-0.3, -0.25) is 4.79 Å². The normalized spacial score (nSPS) is 15.6. The monoisotopic (exact) mass is 385 g/mol. The minimum Gasteiger partial charge on any atom is -0.481 e. The predicted octanol–water partition coefficient (Wildman–Crippen LogP) is 3.70. The van der Waals surface area contributed by atoms with Crippen molar-refractivity contribution in [1.29, 1.82) is 0 Å². The van der Waals surface area contributed by atoms with Gasteiger partial charge in [-0.25, -0.2) is 0 Å². The van der Waals surface area contributed by atoms with Crippen LogP contribution in [-0.2, 0) is 11.3 Å². The molecule has 0 aliphatic carbocycles. The zero-order valence-corrected chi connectivity index (χ0v) is 17.2. The molecule has 0 fully saturated rings. The lowest BCUT2D eigenvalue weighted by Crippen LogP contribution is -2.30. The third-order valence-electron chi connectivity index (χ3n) is 4.76. The van der Waals surface area contributed by atoms with Crippen molar-refractivity contribution in [3.63, 3.8) is 0 Å².